The van der Waals surface area contributed by atoms with Crippen LogP contribution >= 0.6 is 0 Å². The van der Waals surface area contributed by atoms with E-state index in [4.69, 9.17) is 4.74 Å². The zero-order valence-electron chi connectivity index (χ0n) is 11.0. The first kappa shape index (κ1) is 12.1. The molecule has 1 N–H and O–H groups in total. The summed E-state index contributed by atoms with van der Waals surface area (Å²) in [6, 6.07) is 0. The first-order chi connectivity index (χ1) is 8.64. The van der Waals surface area contributed by atoms with Crippen molar-refractivity contribution in [1.29, 1.82) is 0 Å². The molecule has 4 fully saturated rings. The third-order valence-corrected chi connectivity index (χ3v) is 5.33. The fourth-order valence-corrected chi connectivity index (χ4v) is 5.21. The highest BCUT2D eigenvalue weighted by Crippen LogP contribution is 2.61. The van der Waals surface area contributed by atoms with Crippen LogP contribution in [0.2, 0.25) is 0 Å². The molecule has 0 aromatic rings. The molecular formula is C15H22O3. The minimum absolute atomic E-state index is 0.275. The molecule has 0 amide bonds. The second-order valence-corrected chi connectivity index (χ2v) is 6.74. The van der Waals surface area contributed by atoms with Crippen LogP contribution in [0.15, 0.2) is 11.8 Å². The predicted octanol–water partition coefficient (Wildman–Crippen LogP) is 3.21. The van der Waals surface area contributed by atoms with Crippen LogP contribution in [0.3, 0.4) is 0 Å². The zero-order chi connectivity index (χ0) is 12.8. The van der Waals surface area contributed by atoms with E-state index < -0.39 is 0 Å². The summed E-state index contributed by atoms with van der Waals surface area (Å²) in [6.07, 6.45) is 9.60. The Hall–Kier alpha value is -0.990. The molecule has 4 aliphatic carbocycles. The van der Waals surface area contributed by atoms with Crippen molar-refractivity contribution in [1.82, 2.24) is 0 Å². The number of esters is 1. The van der Waals surface area contributed by atoms with Crippen molar-refractivity contribution < 1.29 is 14.6 Å². The van der Waals surface area contributed by atoms with Gasteiger partial charge in [0.05, 0.1) is 18.9 Å². The summed E-state index contributed by atoms with van der Waals surface area (Å²) >= 11 is 0. The SMILES string of the molecule is COC(=O)C(=CO)CC12CC3CC(CC(C3)C1)C2. The highest BCUT2D eigenvalue weighted by Gasteiger charge is 2.51. The van der Waals surface area contributed by atoms with Gasteiger partial charge in [-0.25, -0.2) is 4.79 Å². The molecule has 4 rings (SSSR count). The number of hydrogen-bond donors (Lipinski definition) is 1. The molecule has 3 nitrogen and oxygen atoms in total. The average Bonchev–Trinajstić information content (AvgIpc) is 2.33. The predicted molar refractivity (Wildman–Crippen MR) is 67.9 cm³/mol. The van der Waals surface area contributed by atoms with E-state index in [1.807, 2.05) is 0 Å². The normalized spacial score (nSPS) is 42.1. The maximum Gasteiger partial charge on any atom is 0.336 e. The number of carbonyl (C=O) groups is 1. The molecule has 4 aliphatic rings. The number of hydrogen-bond acceptors (Lipinski definition) is 3. The molecule has 0 aromatic carbocycles. The molecule has 0 saturated heterocycles. The monoisotopic (exact) mass is 250 g/mol. The zero-order valence-corrected chi connectivity index (χ0v) is 11.0. The van der Waals surface area contributed by atoms with Crippen molar-refractivity contribution in [2.24, 2.45) is 23.2 Å². The Bertz CT molecular complexity index is 348. The van der Waals surface area contributed by atoms with E-state index in [9.17, 15) is 9.90 Å². The maximum atomic E-state index is 11.6. The highest BCUT2D eigenvalue weighted by atomic mass is 16.5. The standard InChI is InChI=1S/C15H22O3/c1-18-14(17)13(9-16)8-15-5-10-2-11(6-15)4-12(3-10)7-15/h9-12,16H,2-8H2,1H3. The third-order valence-electron chi connectivity index (χ3n) is 5.33. The number of aliphatic hydroxyl groups is 1. The van der Waals surface area contributed by atoms with Crippen LogP contribution in [0.25, 0.3) is 0 Å². The molecule has 0 aromatic heterocycles. The van der Waals surface area contributed by atoms with Crippen LogP contribution < -0.4 is 0 Å². The van der Waals surface area contributed by atoms with Gasteiger partial charge in [-0.3, -0.25) is 0 Å². The number of ether oxygens (including phenoxy) is 1. The van der Waals surface area contributed by atoms with Gasteiger partial charge in [0.25, 0.3) is 0 Å². The molecule has 3 heteroatoms. The lowest BCUT2D eigenvalue weighted by Crippen LogP contribution is -2.46. The largest absolute Gasteiger partial charge is 0.515 e. The number of carbonyl (C=O) groups excluding carboxylic acids is 1. The van der Waals surface area contributed by atoms with Crippen molar-refractivity contribution in [3.63, 3.8) is 0 Å². The lowest BCUT2D eigenvalue weighted by atomic mass is 9.48. The van der Waals surface area contributed by atoms with Crippen molar-refractivity contribution in [2.75, 3.05) is 7.11 Å². The summed E-state index contributed by atoms with van der Waals surface area (Å²) in [6.45, 7) is 0. The van der Waals surface area contributed by atoms with Crippen molar-refractivity contribution in [3.05, 3.63) is 11.8 Å². The van der Waals surface area contributed by atoms with Gasteiger partial charge in [-0.2, -0.15) is 0 Å². The first-order valence-corrected chi connectivity index (χ1v) is 7.06. The smallest absolute Gasteiger partial charge is 0.336 e. The van der Waals surface area contributed by atoms with E-state index >= 15 is 0 Å². The molecule has 18 heavy (non-hydrogen) atoms. The Kier molecular flexibility index (Phi) is 2.87. The second kappa shape index (κ2) is 4.29. The molecule has 100 valence electrons. The molecule has 4 bridgehead atoms. The topological polar surface area (TPSA) is 46.5 Å². The van der Waals surface area contributed by atoms with Crippen molar-refractivity contribution >= 4 is 5.97 Å². The fourth-order valence-electron chi connectivity index (χ4n) is 5.21. The van der Waals surface area contributed by atoms with Crippen LogP contribution in [0.5, 0.6) is 0 Å². The molecule has 0 aliphatic heterocycles. The quantitative estimate of drug-likeness (QED) is 0.475. The summed E-state index contributed by atoms with van der Waals surface area (Å²) in [7, 11) is 1.38. The Morgan fingerprint density at radius 3 is 2.11 bits per heavy atom. The Balaban J connectivity index is 1.77. The average molecular weight is 250 g/mol. The van der Waals surface area contributed by atoms with E-state index in [-0.39, 0.29) is 11.4 Å². The van der Waals surface area contributed by atoms with Gasteiger partial charge in [-0.15, -0.1) is 0 Å². The Morgan fingerprint density at radius 1 is 1.22 bits per heavy atom. The van der Waals surface area contributed by atoms with Gasteiger partial charge in [-0.1, -0.05) is 0 Å². The molecular weight excluding hydrogens is 228 g/mol. The Labute approximate surface area is 108 Å². The van der Waals surface area contributed by atoms with Gasteiger partial charge in [0, 0.05) is 0 Å². The summed E-state index contributed by atoms with van der Waals surface area (Å²) in [4.78, 5) is 11.6. The van der Waals surface area contributed by atoms with E-state index in [1.54, 1.807) is 0 Å². The molecule has 0 spiro atoms. The maximum absolute atomic E-state index is 11.6. The minimum atomic E-state index is -0.367. The number of aliphatic hydroxyl groups excluding tert-OH is 1. The van der Waals surface area contributed by atoms with E-state index in [0.717, 1.165) is 24.0 Å². The van der Waals surface area contributed by atoms with Crippen LogP contribution in [0.4, 0.5) is 0 Å². The summed E-state index contributed by atoms with van der Waals surface area (Å²) < 4.78 is 4.75. The van der Waals surface area contributed by atoms with Crippen LogP contribution in [-0.4, -0.2) is 18.2 Å². The Morgan fingerprint density at radius 2 is 1.72 bits per heavy atom. The van der Waals surface area contributed by atoms with E-state index in [0.29, 0.717) is 12.0 Å². The van der Waals surface area contributed by atoms with E-state index in [2.05, 4.69) is 0 Å². The third kappa shape index (κ3) is 1.94. The molecule has 0 heterocycles. The second-order valence-electron chi connectivity index (χ2n) is 6.74. The summed E-state index contributed by atoms with van der Waals surface area (Å²) in [5.41, 5.74) is 0.733. The molecule has 0 atom stereocenters. The van der Waals surface area contributed by atoms with Crippen molar-refractivity contribution in [3.8, 4) is 0 Å². The molecule has 0 unspecified atom stereocenters. The van der Waals surface area contributed by atoms with Gasteiger partial charge in [0.2, 0.25) is 0 Å². The van der Waals surface area contributed by atoms with E-state index in [1.165, 1.54) is 45.6 Å². The van der Waals surface area contributed by atoms with Gasteiger partial charge in [-0.05, 0) is 68.1 Å². The van der Waals surface area contributed by atoms with Gasteiger partial charge in [0.15, 0.2) is 0 Å². The molecule has 0 radical (unpaired) electrons. The lowest BCUT2D eigenvalue weighted by Gasteiger charge is -2.57. The van der Waals surface area contributed by atoms with Gasteiger partial charge in [0.1, 0.15) is 0 Å². The summed E-state index contributed by atoms with van der Waals surface area (Å²) in [5.74, 6) is 2.24. The molecule has 4 saturated carbocycles. The summed E-state index contributed by atoms with van der Waals surface area (Å²) in [5, 5.41) is 9.27. The minimum Gasteiger partial charge on any atom is -0.515 e. The van der Waals surface area contributed by atoms with Crippen LogP contribution in [-0.2, 0) is 9.53 Å². The fraction of sp³-hybridized carbons (Fsp3) is 0.800. The van der Waals surface area contributed by atoms with Gasteiger partial charge < -0.3 is 9.84 Å². The number of methoxy groups -OCH3 is 1. The lowest BCUT2D eigenvalue weighted by molar-refractivity contribution is -0.137. The van der Waals surface area contributed by atoms with Crippen LogP contribution in [0.1, 0.15) is 44.9 Å². The van der Waals surface area contributed by atoms with Gasteiger partial charge >= 0.3 is 5.97 Å². The van der Waals surface area contributed by atoms with Crippen molar-refractivity contribution in [2.45, 2.75) is 44.9 Å². The number of rotatable bonds is 3. The van der Waals surface area contributed by atoms with Crippen LogP contribution in [0, 0.1) is 23.2 Å². The first-order valence-electron chi connectivity index (χ1n) is 7.06. The highest BCUT2D eigenvalue weighted by molar-refractivity contribution is 5.88.